The summed E-state index contributed by atoms with van der Waals surface area (Å²) in [4.78, 5) is 21.9. The SMILES string of the molecule is O=C(/C=C/c1ccc(Cl)c([N+](=O)[O-])c1)c1ccc(F)c(F)c1. The van der Waals surface area contributed by atoms with Crippen molar-refractivity contribution >= 4 is 29.1 Å². The lowest BCUT2D eigenvalue weighted by molar-refractivity contribution is -0.384. The predicted molar refractivity (Wildman–Crippen MR) is 77.8 cm³/mol. The summed E-state index contributed by atoms with van der Waals surface area (Å²) in [7, 11) is 0. The molecule has 0 heterocycles. The normalized spacial score (nSPS) is 10.9. The van der Waals surface area contributed by atoms with E-state index in [9.17, 15) is 23.7 Å². The van der Waals surface area contributed by atoms with Gasteiger partial charge in [-0.25, -0.2) is 8.78 Å². The highest BCUT2D eigenvalue weighted by atomic mass is 35.5. The zero-order chi connectivity index (χ0) is 16.3. The molecule has 22 heavy (non-hydrogen) atoms. The van der Waals surface area contributed by atoms with Crippen molar-refractivity contribution in [1.82, 2.24) is 0 Å². The van der Waals surface area contributed by atoms with E-state index < -0.39 is 22.3 Å². The van der Waals surface area contributed by atoms with Gasteiger partial charge in [0.05, 0.1) is 4.92 Å². The average Bonchev–Trinajstić information content (AvgIpc) is 2.48. The van der Waals surface area contributed by atoms with Crippen LogP contribution in [0.4, 0.5) is 14.5 Å². The molecule has 0 saturated heterocycles. The van der Waals surface area contributed by atoms with E-state index in [1.54, 1.807) is 0 Å². The van der Waals surface area contributed by atoms with Crippen LogP contribution in [0.3, 0.4) is 0 Å². The maximum Gasteiger partial charge on any atom is 0.288 e. The number of benzene rings is 2. The predicted octanol–water partition coefficient (Wildman–Crippen LogP) is 4.42. The van der Waals surface area contributed by atoms with Crippen LogP contribution in [0.15, 0.2) is 42.5 Å². The van der Waals surface area contributed by atoms with E-state index in [2.05, 4.69) is 0 Å². The molecule has 0 bridgehead atoms. The highest BCUT2D eigenvalue weighted by Gasteiger charge is 2.12. The number of nitro groups is 1. The summed E-state index contributed by atoms with van der Waals surface area (Å²) in [5.41, 5.74) is 0.0646. The van der Waals surface area contributed by atoms with E-state index in [0.29, 0.717) is 5.56 Å². The van der Waals surface area contributed by atoms with Crippen LogP contribution >= 0.6 is 11.6 Å². The Kier molecular flexibility index (Phi) is 4.62. The Morgan fingerprint density at radius 2 is 1.86 bits per heavy atom. The first-order valence-corrected chi connectivity index (χ1v) is 6.37. The first-order valence-electron chi connectivity index (χ1n) is 6.00. The van der Waals surface area contributed by atoms with Gasteiger partial charge in [0.25, 0.3) is 5.69 Å². The first kappa shape index (κ1) is 15.8. The minimum atomic E-state index is -1.12. The molecule has 4 nitrogen and oxygen atoms in total. The molecule has 0 N–H and O–H groups in total. The van der Waals surface area contributed by atoms with Gasteiger partial charge in [0.1, 0.15) is 5.02 Å². The Balaban J connectivity index is 2.24. The van der Waals surface area contributed by atoms with Gasteiger partial charge in [-0.15, -0.1) is 0 Å². The zero-order valence-electron chi connectivity index (χ0n) is 10.9. The van der Waals surface area contributed by atoms with Crippen molar-refractivity contribution in [2.24, 2.45) is 0 Å². The van der Waals surface area contributed by atoms with Gasteiger partial charge in [-0.3, -0.25) is 14.9 Å². The maximum absolute atomic E-state index is 13.0. The van der Waals surface area contributed by atoms with E-state index in [1.165, 1.54) is 24.3 Å². The van der Waals surface area contributed by atoms with Crippen LogP contribution in [0.25, 0.3) is 6.08 Å². The number of nitrogens with zero attached hydrogens (tertiary/aromatic N) is 1. The highest BCUT2D eigenvalue weighted by molar-refractivity contribution is 6.32. The molecule has 7 heteroatoms. The summed E-state index contributed by atoms with van der Waals surface area (Å²) in [6.45, 7) is 0. The van der Waals surface area contributed by atoms with E-state index in [0.717, 1.165) is 24.3 Å². The fourth-order valence-electron chi connectivity index (χ4n) is 1.69. The summed E-state index contributed by atoms with van der Waals surface area (Å²) in [6, 6.07) is 6.81. The highest BCUT2D eigenvalue weighted by Crippen LogP contribution is 2.25. The molecule has 112 valence electrons. The third-order valence-electron chi connectivity index (χ3n) is 2.80. The number of allylic oxidation sites excluding steroid dienone is 1. The molecule has 0 aliphatic carbocycles. The molecule has 0 saturated carbocycles. The number of carbonyl (C=O) groups excluding carboxylic acids is 1. The van der Waals surface area contributed by atoms with Crippen molar-refractivity contribution in [3.63, 3.8) is 0 Å². The average molecular weight is 324 g/mol. The van der Waals surface area contributed by atoms with Crippen LogP contribution in [0.2, 0.25) is 5.02 Å². The Labute approximate surface area is 128 Å². The molecule has 0 fully saturated rings. The summed E-state index contributed by atoms with van der Waals surface area (Å²) in [5, 5.41) is 10.7. The molecule has 0 aliphatic rings. The second-order valence-corrected chi connectivity index (χ2v) is 4.70. The van der Waals surface area contributed by atoms with Crippen molar-refractivity contribution in [1.29, 1.82) is 0 Å². The minimum absolute atomic E-state index is 0.0194. The Bertz CT molecular complexity index is 790. The Morgan fingerprint density at radius 1 is 1.14 bits per heavy atom. The number of rotatable bonds is 4. The quantitative estimate of drug-likeness (QED) is 0.362. The van der Waals surface area contributed by atoms with Gasteiger partial charge in [0.15, 0.2) is 17.4 Å². The van der Waals surface area contributed by atoms with E-state index in [-0.39, 0.29) is 16.3 Å². The van der Waals surface area contributed by atoms with Crippen LogP contribution in [-0.2, 0) is 0 Å². The molecule has 2 rings (SSSR count). The van der Waals surface area contributed by atoms with Crippen LogP contribution in [0.5, 0.6) is 0 Å². The van der Waals surface area contributed by atoms with Crippen molar-refractivity contribution in [3.05, 3.63) is 80.4 Å². The zero-order valence-corrected chi connectivity index (χ0v) is 11.7. The fraction of sp³-hybridized carbons (Fsp3) is 0. The fourth-order valence-corrected chi connectivity index (χ4v) is 1.88. The smallest absolute Gasteiger partial charge is 0.288 e. The van der Waals surface area contributed by atoms with Crippen LogP contribution in [-0.4, -0.2) is 10.7 Å². The minimum Gasteiger partial charge on any atom is -0.289 e. The summed E-state index contributed by atoms with van der Waals surface area (Å²) in [5.74, 6) is -2.73. The number of hydrogen-bond donors (Lipinski definition) is 0. The first-order chi connectivity index (χ1) is 10.4. The molecule has 2 aromatic rings. The monoisotopic (exact) mass is 323 g/mol. The standard InChI is InChI=1S/C15H8ClF2NO3/c16-11-4-1-9(7-14(11)19(21)22)2-6-15(20)10-3-5-12(17)13(18)8-10/h1-8H/b6-2+. The van der Waals surface area contributed by atoms with Crippen molar-refractivity contribution in [2.75, 3.05) is 0 Å². The molecule has 0 aromatic heterocycles. The van der Waals surface area contributed by atoms with Gasteiger partial charge < -0.3 is 0 Å². The Hall–Kier alpha value is -2.60. The third-order valence-corrected chi connectivity index (χ3v) is 3.12. The lowest BCUT2D eigenvalue weighted by Crippen LogP contribution is -1.96. The Morgan fingerprint density at radius 3 is 2.50 bits per heavy atom. The molecular formula is C15H8ClF2NO3. The maximum atomic E-state index is 13.0. The van der Waals surface area contributed by atoms with Gasteiger partial charge >= 0.3 is 0 Å². The van der Waals surface area contributed by atoms with Gasteiger partial charge in [-0.05, 0) is 35.9 Å². The van der Waals surface area contributed by atoms with Crippen LogP contribution in [0, 0.1) is 21.7 Å². The number of ketones is 1. The number of nitro benzene ring substituents is 1. The lowest BCUT2D eigenvalue weighted by atomic mass is 10.1. The molecule has 0 spiro atoms. The van der Waals surface area contributed by atoms with Gasteiger partial charge in [0, 0.05) is 11.6 Å². The summed E-state index contributed by atoms with van der Waals surface area (Å²) in [6.07, 6.45) is 2.44. The van der Waals surface area contributed by atoms with Crippen molar-refractivity contribution in [3.8, 4) is 0 Å². The number of hydrogen-bond acceptors (Lipinski definition) is 3. The molecular weight excluding hydrogens is 316 g/mol. The third kappa shape index (κ3) is 3.53. The van der Waals surface area contributed by atoms with Gasteiger partial charge in [-0.2, -0.15) is 0 Å². The van der Waals surface area contributed by atoms with Crippen LogP contribution < -0.4 is 0 Å². The van der Waals surface area contributed by atoms with E-state index in [1.807, 2.05) is 0 Å². The molecule has 0 aliphatic heterocycles. The summed E-state index contributed by atoms with van der Waals surface area (Å²) < 4.78 is 25.8. The van der Waals surface area contributed by atoms with Gasteiger partial charge in [-0.1, -0.05) is 23.7 Å². The molecule has 2 aromatic carbocycles. The van der Waals surface area contributed by atoms with Crippen molar-refractivity contribution < 1.29 is 18.5 Å². The van der Waals surface area contributed by atoms with E-state index >= 15 is 0 Å². The number of carbonyl (C=O) groups is 1. The molecule has 0 atom stereocenters. The number of halogens is 3. The second kappa shape index (κ2) is 6.44. The molecule has 0 unspecified atom stereocenters. The largest absolute Gasteiger partial charge is 0.289 e. The molecule has 0 radical (unpaired) electrons. The summed E-state index contributed by atoms with van der Waals surface area (Å²) >= 11 is 5.67. The van der Waals surface area contributed by atoms with Crippen molar-refractivity contribution in [2.45, 2.75) is 0 Å². The molecule has 0 amide bonds. The topological polar surface area (TPSA) is 60.2 Å². The second-order valence-electron chi connectivity index (χ2n) is 4.29. The van der Waals surface area contributed by atoms with E-state index in [4.69, 9.17) is 11.6 Å². The lowest BCUT2D eigenvalue weighted by Gasteiger charge is -1.99. The van der Waals surface area contributed by atoms with Gasteiger partial charge in [0.2, 0.25) is 0 Å². The van der Waals surface area contributed by atoms with Crippen LogP contribution in [0.1, 0.15) is 15.9 Å².